The molecule has 1 rings (SSSR count). The molecule has 0 saturated heterocycles. The molecule has 1 aromatic rings. The van der Waals surface area contributed by atoms with Crippen molar-refractivity contribution in [2.75, 3.05) is 40.0 Å². The summed E-state index contributed by atoms with van der Waals surface area (Å²) in [4.78, 5) is 45.2. The van der Waals surface area contributed by atoms with Crippen LogP contribution in [-0.4, -0.2) is 63.6 Å². The van der Waals surface area contributed by atoms with Crippen molar-refractivity contribution < 1.29 is 86.8 Å². The molecule has 174 valence electrons. The van der Waals surface area contributed by atoms with Crippen molar-refractivity contribution in [1.82, 2.24) is 10.6 Å². The topological polar surface area (TPSA) is 125 Å². The Kier molecular flexibility index (Phi) is 21.1. The zero-order valence-electron chi connectivity index (χ0n) is 18.6. The van der Waals surface area contributed by atoms with E-state index in [1.165, 1.54) is 6.92 Å². The minimum Gasteiger partial charge on any atom is -0.651 e. The Bertz CT molecular complexity index is 697. The third-order valence-corrected chi connectivity index (χ3v) is 3.99. The first-order valence-corrected chi connectivity index (χ1v) is 9.87. The van der Waals surface area contributed by atoms with Gasteiger partial charge in [-0.15, -0.1) is 6.54 Å². The second kappa shape index (κ2) is 20.5. The van der Waals surface area contributed by atoms with Gasteiger partial charge >= 0.3 is 64.2 Å². The molecule has 0 aliphatic heterocycles. The number of carbonyl (C=O) groups excluding carboxylic acids is 4. The summed E-state index contributed by atoms with van der Waals surface area (Å²) in [7, 11) is 1.55. The molecular formula is C22H34N3O6Rb. The average Bonchev–Trinajstić information content (AvgIpc) is 2.71. The molecule has 0 aromatic heterocycles. The van der Waals surface area contributed by atoms with Gasteiger partial charge in [0.2, 0.25) is 11.8 Å². The van der Waals surface area contributed by atoms with Gasteiger partial charge in [0.25, 0.3) is 0 Å². The molecular weight excluding hydrogens is 488 g/mol. The Labute approximate surface area is 239 Å². The maximum Gasteiger partial charge on any atom is 1.00 e. The molecule has 1 aromatic carbocycles. The largest absolute Gasteiger partial charge is 1.00 e. The molecule has 0 aliphatic rings. The van der Waals surface area contributed by atoms with E-state index in [1.807, 2.05) is 24.3 Å². The minimum absolute atomic E-state index is 0. The summed E-state index contributed by atoms with van der Waals surface area (Å²) < 4.78 is 9.94. The quantitative estimate of drug-likeness (QED) is 0.228. The van der Waals surface area contributed by atoms with Gasteiger partial charge in [-0.25, -0.2) is 0 Å². The standard InChI is InChI=1S/C21H31N3O6.CH4.Rb/c1-16(25)30-13-3-12-29-15-21(28)24-10-8-17-4-6-18(7-5-17)14-20(27)23-11-9-19(26)22-2;;/h4-7H,3,8-15H2,1-2H3,(H3,22,23,24,26,27,28);1H4;/q;;+1/p-1. The van der Waals surface area contributed by atoms with Crippen LogP contribution in [0.2, 0.25) is 0 Å². The first-order chi connectivity index (χ1) is 14.4. The van der Waals surface area contributed by atoms with E-state index < -0.39 is 0 Å². The fraction of sp³-hybridized carbons (Fsp3) is 0.545. The molecule has 0 unspecified atom stereocenters. The summed E-state index contributed by atoms with van der Waals surface area (Å²) in [5, 5.41) is 9.15. The molecule has 32 heavy (non-hydrogen) atoms. The van der Waals surface area contributed by atoms with Crippen molar-refractivity contribution >= 4 is 23.7 Å². The summed E-state index contributed by atoms with van der Waals surface area (Å²) in [6.45, 7) is 2.51. The third kappa shape index (κ3) is 17.4. The van der Waals surface area contributed by atoms with E-state index in [2.05, 4.69) is 16.0 Å². The Balaban J connectivity index is 0. The first kappa shape index (κ1) is 33.0. The van der Waals surface area contributed by atoms with Crippen molar-refractivity contribution in [1.29, 1.82) is 0 Å². The number of nitrogens with zero attached hydrogens (tertiary/aromatic N) is 1. The van der Waals surface area contributed by atoms with Crippen LogP contribution in [0.3, 0.4) is 0 Å². The zero-order chi connectivity index (χ0) is 22.2. The van der Waals surface area contributed by atoms with Crippen molar-refractivity contribution in [3.05, 3.63) is 40.7 Å². The van der Waals surface area contributed by atoms with Gasteiger partial charge in [0, 0.05) is 33.4 Å². The summed E-state index contributed by atoms with van der Waals surface area (Å²) in [6, 6.07) is 7.53. The molecule has 0 radical (unpaired) electrons. The van der Waals surface area contributed by atoms with E-state index in [-0.39, 0.29) is 115 Å². The Morgan fingerprint density at radius 2 is 1.66 bits per heavy atom. The van der Waals surface area contributed by atoms with Crippen molar-refractivity contribution in [3.8, 4) is 0 Å². The smallest absolute Gasteiger partial charge is 0.651 e. The molecule has 0 spiro atoms. The summed E-state index contributed by atoms with van der Waals surface area (Å²) in [5.41, 5.74) is 1.88. The van der Waals surface area contributed by atoms with Gasteiger partial charge in [-0.1, -0.05) is 31.7 Å². The number of nitrogens with one attached hydrogen (secondary N) is 2. The first-order valence-electron chi connectivity index (χ1n) is 9.87. The predicted molar refractivity (Wildman–Crippen MR) is 118 cm³/mol. The summed E-state index contributed by atoms with van der Waals surface area (Å²) >= 11 is 0. The Hall–Kier alpha value is -1.13. The van der Waals surface area contributed by atoms with Crippen molar-refractivity contribution in [2.45, 2.75) is 40.0 Å². The van der Waals surface area contributed by atoms with E-state index in [1.54, 1.807) is 7.05 Å². The third-order valence-electron chi connectivity index (χ3n) is 3.99. The van der Waals surface area contributed by atoms with Gasteiger partial charge in [0.1, 0.15) is 0 Å². The molecule has 2 N–H and O–H groups in total. The molecule has 0 heterocycles. The molecule has 3 amide bonds. The number of benzene rings is 1. The van der Waals surface area contributed by atoms with E-state index in [0.29, 0.717) is 32.5 Å². The van der Waals surface area contributed by atoms with Crippen LogP contribution in [-0.2, 0) is 41.5 Å². The number of hydrogen-bond donors (Lipinski definition) is 2. The number of amides is 3. The minimum atomic E-state index is -0.338. The van der Waals surface area contributed by atoms with Crippen LogP contribution in [0, 0.1) is 0 Å². The van der Waals surface area contributed by atoms with Crippen molar-refractivity contribution in [2.24, 2.45) is 0 Å². The number of ether oxygens (including phenoxy) is 2. The molecule has 10 heteroatoms. The fourth-order valence-corrected chi connectivity index (χ4v) is 2.40. The van der Waals surface area contributed by atoms with Gasteiger partial charge in [0.15, 0.2) is 0 Å². The normalized spacial score (nSPS) is 9.56. The zero-order valence-corrected chi connectivity index (χ0v) is 23.5. The molecule has 9 nitrogen and oxygen atoms in total. The number of esters is 1. The van der Waals surface area contributed by atoms with Crippen LogP contribution in [0.5, 0.6) is 0 Å². The van der Waals surface area contributed by atoms with Gasteiger partial charge < -0.3 is 30.2 Å². The maximum absolute atomic E-state index is 11.9. The van der Waals surface area contributed by atoms with E-state index in [4.69, 9.17) is 9.47 Å². The second-order valence-corrected chi connectivity index (χ2v) is 6.54. The van der Waals surface area contributed by atoms with E-state index in [9.17, 15) is 19.2 Å². The van der Waals surface area contributed by atoms with Crippen LogP contribution in [0.15, 0.2) is 24.3 Å². The van der Waals surface area contributed by atoms with Crippen LogP contribution in [0.25, 0.3) is 5.32 Å². The maximum atomic E-state index is 11.9. The van der Waals surface area contributed by atoms with Crippen LogP contribution < -0.4 is 68.8 Å². The predicted octanol–water partition coefficient (Wildman–Crippen LogP) is -1.47. The van der Waals surface area contributed by atoms with Gasteiger partial charge in [-0.3, -0.25) is 14.4 Å². The second-order valence-electron chi connectivity index (χ2n) is 6.54. The summed E-state index contributed by atoms with van der Waals surface area (Å²) in [5.74, 6) is -0.919. The average molecular weight is 522 g/mol. The van der Waals surface area contributed by atoms with E-state index >= 15 is 0 Å². The summed E-state index contributed by atoms with van der Waals surface area (Å²) in [6.07, 6.45) is 1.64. The van der Waals surface area contributed by atoms with Crippen LogP contribution in [0.4, 0.5) is 0 Å². The fourth-order valence-electron chi connectivity index (χ4n) is 2.40. The number of carbonyl (C=O) groups is 4. The van der Waals surface area contributed by atoms with E-state index in [0.717, 1.165) is 11.1 Å². The van der Waals surface area contributed by atoms with Crippen LogP contribution in [0.1, 0.15) is 38.3 Å². The Morgan fingerprint density at radius 1 is 1.00 bits per heavy atom. The van der Waals surface area contributed by atoms with Gasteiger partial charge in [0.05, 0.1) is 32.1 Å². The number of rotatable bonds is 14. The van der Waals surface area contributed by atoms with Gasteiger partial charge in [-0.05, 0) is 17.5 Å². The monoisotopic (exact) mass is 521 g/mol. The van der Waals surface area contributed by atoms with Crippen LogP contribution >= 0.6 is 0 Å². The molecule has 0 bridgehead atoms. The molecule has 0 atom stereocenters. The molecule has 0 saturated carbocycles. The Morgan fingerprint density at radius 3 is 2.28 bits per heavy atom. The molecule has 0 fully saturated rings. The SMILES string of the molecule is C.CNC(=O)CCNC(=O)Cc1ccc(CC[N-]C(=O)COCCCOC(C)=O)cc1.[Rb+]. The number of hydrogen-bond acceptors (Lipinski definition) is 6. The van der Waals surface area contributed by atoms with Gasteiger partial charge in [-0.2, -0.15) is 0 Å². The molecule has 0 aliphatic carbocycles. The van der Waals surface area contributed by atoms with Crippen molar-refractivity contribution in [3.63, 3.8) is 0 Å².